The van der Waals surface area contributed by atoms with Crippen molar-refractivity contribution in [2.24, 2.45) is 0 Å². The van der Waals surface area contributed by atoms with E-state index in [1.165, 1.54) is 13.0 Å². The summed E-state index contributed by atoms with van der Waals surface area (Å²) in [5, 5.41) is 0. The van der Waals surface area contributed by atoms with E-state index in [1.807, 2.05) is 0 Å². The second kappa shape index (κ2) is 5.16. The monoisotopic (exact) mass is 248 g/mol. The molecule has 5 heteroatoms. The number of H-pyrrole nitrogens is 1. The van der Waals surface area contributed by atoms with E-state index in [4.69, 9.17) is 0 Å². The largest absolute Gasteiger partial charge is 0.334 e. The Morgan fingerprint density at radius 3 is 2.89 bits per heavy atom. The number of amides is 1. The van der Waals surface area contributed by atoms with Crippen LogP contribution in [0.1, 0.15) is 36.7 Å². The van der Waals surface area contributed by atoms with Crippen molar-refractivity contribution < 1.29 is 9.59 Å². The smallest absolute Gasteiger partial charge is 0.270 e. The maximum Gasteiger partial charge on any atom is 0.270 e. The van der Waals surface area contributed by atoms with Crippen molar-refractivity contribution in [3.63, 3.8) is 0 Å². The summed E-state index contributed by atoms with van der Waals surface area (Å²) in [5.41, 5.74) is 0.00103. The number of ketones is 1. The zero-order chi connectivity index (χ0) is 13.1. The second-order valence-electron chi connectivity index (χ2n) is 4.63. The molecule has 1 amide bonds. The van der Waals surface area contributed by atoms with E-state index in [-0.39, 0.29) is 29.0 Å². The molecule has 1 aliphatic heterocycles. The molecule has 1 unspecified atom stereocenters. The van der Waals surface area contributed by atoms with E-state index in [2.05, 4.69) is 4.98 Å². The van der Waals surface area contributed by atoms with Crippen LogP contribution in [0.4, 0.5) is 0 Å². The average Bonchev–Trinajstić information content (AvgIpc) is 2.75. The van der Waals surface area contributed by atoms with Gasteiger partial charge in [-0.15, -0.1) is 0 Å². The molecule has 1 aromatic heterocycles. The fraction of sp³-hybridized carbons (Fsp3) is 0.462. The number of Topliss-reactive ketones (excluding diaryl/α,β-unsaturated/α-hetero) is 1. The van der Waals surface area contributed by atoms with Crippen LogP contribution in [0.5, 0.6) is 0 Å². The van der Waals surface area contributed by atoms with E-state index >= 15 is 0 Å². The fourth-order valence-electron chi connectivity index (χ4n) is 2.37. The predicted octanol–water partition coefficient (Wildman–Crippen LogP) is 0.959. The summed E-state index contributed by atoms with van der Waals surface area (Å²) in [5.74, 6) is -0.113. The predicted molar refractivity (Wildman–Crippen MR) is 66.4 cm³/mol. The van der Waals surface area contributed by atoms with E-state index in [0.717, 1.165) is 12.8 Å². The Balaban J connectivity index is 2.17. The van der Waals surface area contributed by atoms with E-state index in [1.54, 1.807) is 17.0 Å². The van der Waals surface area contributed by atoms with Crippen LogP contribution in [-0.2, 0) is 4.79 Å². The Hall–Kier alpha value is -1.91. The molecule has 1 N–H and O–H groups in total. The van der Waals surface area contributed by atoms with Crippen LogP contribution in [0.25, 0.3) is 0 Å². The molecule has 1 aromatic rings. The lowest BCUT2D eigenvalue weighted by Gasteiger charge is -2.23. The van der Waals surface area contributed by atoms with E-state index in [9.17, 15) is 14.4 Å². The molecular weight excluding hydrogens is 232 g/mol. The third kappa shape index (κ3) is 2.67. The van der Waals surface area contributed by atoms with Gasteiger partial charge in [0.05, 0.1) is 0 Å². The molecule has 2 heterocycles. The first kappa shape index (κ1) is 12.5. The highest BCUT2D eigenvalue weighted by atomic mass is 16.2. The average molecular weight is 248 g/mol. The Morgan fingerprint density at radius 2 is 2.22 bits per heavy atom. The highest BCUT2D eigenvalue weighted by Crippen LogP contribution is 2.21. The van der Waals surface area contributed by atoms with Crippen LogP contribution in [0.2, 0.25) is 0 Å². The quantitative estimate of drug-likeness (QED) is 0.866. The van der Waals surface area contributed by atoms with Crippen molar-refractivity contribution in [1.29, 1.82) is 0 Å². The van der Waals surface area contributed by atoms with Gasteiger partial charge >= 0.3 is 0 Å². The van der Waals surface area contributed by atoms with Crippen LogP contribution in [0.3, 0.4) is 0 Å². The number of pyridine rings is 1. The van der Waals surface area contributed by atoms with Crippen LogP contribution in [0, 0.1) is 0 Å². The van der Waals surface area contributed by atoms with Gasteiger partial charge in [-0.1, -0.05) is 6.07 Å². The van der Waals surface area contributed by atoms with Crippen LogP contribution in [0.15, 0.2) is 23.0 Å². The van der Waals surface area contributed by atoms with Crippen molar-refractivity contribution in [2.45, 2.75) is 32.2 Å². The lowest BCUT2D eigenvalue weighted by molar-refractivity contribution is -0.117. The maximum atomic E-state index is 12.2. The van der Waals surface area contributed by atoms with Gasteiger partial charge in [-0.2, -0.15) is 0 Å². The highest BCUT2D eigenvalue weighted by molar-refractivity contribution is 5.93. The zero-order valence-corrected chi connectivity index (χ0v) is 10.3. The van der Waals surface area contributed by atoms with E-state index < -0.39 is 0 Å². The van der Waals surface area contributed by atoms with E-state index in [0.29, 0.717) is 13.0 Å². The minimum absolute atomic E-state index is 0.0290. The standard InChI is InChI=1S/C13H16N2O3/c1-9(16)8-10-4-3-7-15(10)13(18)11-5-2-6-12(17)14-11/h2,5-6,10H,3-4,7-8H2,1H3,(H,14,17). The molecule has 0 radical (unpaired) electrons. The van der Waals surface area contributed by atoms with Crippen molar-refractivity contribution in [2.75, 3.05) is 6.54 Å². The second-order valence-corrected chi connectivity index (χ2v) is 4.63. The van der Waals surface area contributed by atoms with Gasteiger partial charge in [0.2, 0.25) is 5.56 Å². The number of likely N-dealkylation sites (tertiary alicyclic amines) is 1. The number of aromatic amines is 1. The first-order valence-electron chi connectivity index (χ1n) is 6.07. The molecule has 1 saturated heterocycles. The van der Waals surface area contributed by atoms with Gasteiger partial charge in [-0.25, -0.2) is 0 Å². The summed E-state index contributed by atoms with van der Waals surface area (Å²) in [6.07, 6.45) is 2.14. The Morgan fingerprint density at radius 1 is 1.44 bits per heavy atom. The number of carbonyl (C=O) groups is 2. The molecule has 0 bridgehead atoms. The van der Waals surface area contributed by atoms with Crippen LogP contribution < -0.4 is 5.56 Å². The summed E-state index contributed by atoms with van der Waals surface area (Å²) in [6, 6.07) is 4.49. The third-order valence-electron chi connectivity index (χ3n) is 3.16. The Bertz CT molecular complexity index is 521. The minimum Gasteiger partial charge on any atom is -0.334 e. The molecular formula is C13H16N2O3. The van der Waals surface area contributed by atoms with Gasteiger partial charge < -0.3 is 9.88 Å². The summed E-state index contributed by atoms with van der Waals surface area (Å²) >= 11 is 0. The molecule has 0 aliphatic carbocycles. The number of hydrogen-bond acceptors (Lipinski definition) is 3. The SMILES string of the molecule is CC(=O)CC1CCCN1C(=O)c1cccc(=O)[nH]1. The van der Waals surface area contributed by atoms with Crippen molar-refractivity contribution in [1.82, 2.24) is 9.88 Å². The molecule has 1 atom stereocenters. The van der Waals surface area contributed by atoms with Gasteiger partial charge in [-0.05, 0) is 25.8 Å². The molecule has 0 aromatic carbocycles. The highest BCUT2D eigenvalue weighted by Gasteiger charge is 2.30. The number of aromatic nitrogens is 1. The lowest BCUT2D eigenvalue weighted by atomic mass is 10.1. The number of carbonyl (C=O) groups excluding carboxylic acids is 2. The third-order valence-corrected chi connectivity index (χ3v) is 3.16. The summed E-state index contributed by atoms with van der Waals surface area (Å²) < 4.78 is 0. The summed E-state index contributed by atoms with van der Waals surface area (Å²) in [7, 11) is 0. The molecule has 5 nitrogen and oxygen atoms in total. The first-order chi connectivity index (χ1) is 8.58. The molecule has 1 aliphatic rings. The Kier molecular flexibility index (Phi) is 3.60. The molecule has 0 spiro atoms. The van der Waals surface area contributed by atoms with Crippen molar-refractivity contribution in [3.8, 4) is 0 Å². The number of nitrogens with one attached hydrogen (secondary N) is 1. The van der Waals surface area contributed by atoms with Gasteiger partial charge in [0.15, 0.2) is 0 Å². The summed E-state index contributed by atoms with van der Waals surface area (Å²) in [4.78, 5) is 38.8. The topological polar surface area (TPSA) is 70.2 Å². The van der Waals surface area contributed by atoms with Gasteiger partial charge in [-0.3, -0.25) is 14.4 Å². The minimum atomic E-state index is -0.289. The number of rotatable bonds is 3. The molecule has 2 rings (SSSR count). The molecule has 18 heavy (non-hydrogen) atoms. The van der Waals surface area contributed by atoms with Crippen molar-refractivity contribution >= 4 is 11.7 Å². The number of hydrogen-bond donors (Lipinski definition) is 1. The molecule has 96 valence electrons. The van der Waals surface area contributed by atoms with Gasteiger partial charge in [0, 0.05) is 25.1 Å². The van der Waals surface area contributed by atoms with Gasteiger partial charge in [0.25, 0.3) is 5.91 Å². The molecule has 1 fully saturated rings. The maximum absolute atomic E-state index is 12.2. The number of nitrogens with zero attached hydrogens (tertiary/aromatic N) is 1. The van der Waals surface area contributed by atoms with Crippen molar-refractivity contribution in [3.05, 3.63) is 34.2 Å². The Labute approximate surface area is 105 Å². The normalized spacial score (nSPS) is 18.9. The first-order valence-corrected chi connectivity index (χ1v) is 6.07. The fourth-order valence-corrected chi connectivity index (χ4v) is 2.37. The summed E-state index contributed by atoms with van der Waals surface area (Å²) in [6.45, 7) is 2.18. The molecule has 0 saturated carbocycles. The van der Waals surface area contributed by atoms with Crippen LogP contribution >= 0.6 is 0 Å². The van der Waals surface area contributed by atoms with Crippen LogP contribution in [-0.4, -0.2) is 34.2 Å². The lowest BCUT2D eigenvalue weighted by Crippen LogP contribution is -2.37. The van der Waals surface area contributed by atoms with Gasteiger partial charge in [0.1, 0.15) is 11.5 Å². The zero-order valence-electron chi connectivity index (χ0n) is 10.3.